The van der Waals surface area contributed by atoms with E-state index in [1.54, 1.807) is 11.5 Å². The standard InChI is InChI=1S/C77H122N2O12/c1-25-76(26-2)33-30-29-32-50(40-61(82)83)69(85)89-44-79-57(41-55-62(45(5)6)64(56(78-55)42-59(76)80)70(86)90-66-51(72(13,14)15)36-48(11)37-52(66)73(16,17)18)63(46(7)8)65(58(79)43-60(81)77(27-3,28-4)34-31-35-88-68(84)47(9)10)71(87)91-67-53(74(19,20)21)38-49(12)39-54(67)75(22,23)24/h41,45-46,48-54,66-67H,9,25-40,42-44H2,1-8,10-24H3,(H,82,83)/b55-41-. The van der Waals surface area contributed by atoms with Crippen molar-refractivity contribution < 1.29 is 57.6 Å². The molecule has 5 unspecified atom stereocenters. The Labute approximate surface area is 549 Å². The number of esters is 4. The minimum absolute atomic E-state index is 0.0268. The quantitative estimate of drug-likeness (QED) is 0.0563. The Morgan fingerprint density at radius 3 is 1.67 bits per heavy atom. The molecule has 2 aliphatic carbocycles. The van der Waals surface area contributed by atoms with E-state index in [0.29, 0.717) is 97.9 Å². The number of nitrogens with zero attached hydrogens (tertiary/aromatic N) is 2. The summed E-state index contributed by atoms with van der Waals surface area (Å²) in [4.78, 5) is 109. The average Bonchev–Trinajstić information content (AvgIpc) is 1.65. The molecule has 3 heterocycles. The molecule has 2 fully saturated rings. The highest BCUT2D eigenvalue weighted by Gasteiger charge is 2.52. The predicted molar refractivity (Wildman–Crippen MR) is 363 cm³/mol. The molecule has 5 atom stereocenters. The summed E-state index contributed by atoms with van der Waals surface area (Å²) in [5.74, 6) is -4.91. The van der Waals surface area contributed by atoms with Crippen LogP contribution < -0.4 is 0 Å². The number of carbonyl (C=O) groups is 7. The third-order valence-electron chi connectivity index (χ3n) is 22.0. The van der Waals surface area contributed by atoms with Crippen LogP contribution in [0.3, 0.4) is 0 Å². The minimum atomic E-state index is -1.16. The van der Waals surface area contributed by atoms with Crippen molar-refractivity contribution >= 4 is 53.2 Å². The molecule has 4 aliphatic rings. The van der Waals surface area contributed by atoms with Crippen molar-refractivity contribution in [3.63, 3.8) is 0 Å². The summed E-state index contributed by atoms with van der Waals surface area (Å²) in [5.41, 5.74) is 0.411. The van der Waals surface area contributed by atoms with Gasteiger partial charge in [-0.25, -0.2) is 14.4 Å². The Kier molecular flexibility index (Phi) is 25.7. The fourth-order valence-electron chi connectivity index (χ4n) is 16.1. The van der Waals surface area contributed by atoms with Crippen molar-refractivity contribution in [1.82, 2.24) is 4.57 Å². The molecule has 2 saturated carbocycles. The molecule has 91 heavy (non-hydrogen) atoms. The topological polar surface area (TPSA) is 194 Å². The van der Waals surface area contributed by atoms with Gasteiger partial charge in [-0.05, 0) is 147 Å². The normalized spacial score (nSPS) is 25.7. The monoisotopic (exact) mass is 1270 g/mol. The Balaban J connectivity index is 1.99. The van der Waals surface area contributed by atoms with E-state index in [0.717, 1.165) is 25.7 Å². The van der Waals surface area contributed by atoms with Crippen molar-refractivity contribution in [3.05, 3.63) is 51.5 Å². The number of fused-ring (bicyclic) bond motifs is 2. The molecule has 2 bridgehead atoms. The molecule has 14 heteroatoms. The molecule has 14 nitrogen and oxygen atoms in total. The molecule has 2 aliphatic heterocycles. The number of hydrogen-bond donors (Lipinski definition) is 1. The molecule has 0 amide bonds. The van der Waals surface area contributed by atoms with E-state index in [9.17, 15) is 19.5 Å². The second-order valence-electron chi connectivity index (χ2n) is 33.3. The molecule has 0 aromatic carbocycles. The van der Waals surface area contributed by atoms with E-state index in [4.69, 9.17) is 23.9 Å². The van der Waals surface area contributed by atoms with Gasteiger partial charge < -0.3 is 28.6 Å². The first-order chi connectivity index (χ1) is 42.0. The third kappa shape index (κ3) is 18.0. The third-order valence-corrected chi connectivity index (χ3v) is 22.0. The largest absolute Gasteiger partial charge is 0.481 e. The number of aliphatic imine (C=N–C) groups is 1. The fraction of sp³-hybridized carbons (Fsp3) is 0.766. The van der Waals surface area contributed by atoms with Gasteiger partial charge in [0.1, 0.15) is 23.8 Å². The molecule has 1 aromatic rings. The Morgan fingerprint density at radius 1 is 0.747 bits per heavy atom. The zero-order valence-electron chi connectivity index (χ0n) is 60.9. The van der Waals surface area contributed by atoms with E-state index < -0.39 is 77.9 Å². The molecule has 512 valence electrons. The van der Waals surface area contributed by atoms with E-state index in [1.807, 2.05) is 61.5 Å². The van der Waals surface area contributed by atoms with Crippen molar-refractivity contribution in [2.45, 2.75) is 293 Å². The van der Waals surface area contributed by atoms with Crippen molar-refractivity contribution in [3.8, 4) is 0 Å². The lowest BCUT2D eigenvalue weighted by Gasteiger charge is -2.50. The maximum atomic E-state index is 16.4. The summed E-state index contributed by atoms with van der Waals surface area (Å²) in [6.45, 7) is 51.8. The average molecular weight is 1270 g/mol. The summed E-state index contributed by atoms with van der Waals surface area (Å²) in [7, 11) is 0. The van der Waals surface area contributed by atoms with Crippen LogP contribution in [0.2, 0.25) is 0 Å². The van der Waals surface area contributed by atoms with Crippen LogP contribution in [-0.2, 0) is 60.9 Å². The minimum Gasteiger partial charge on any atom is -0.481 e. The molecule has 5 rings (SSSR count). The SMILES string of the molecule is C=C(C)C(=O)OCCCC(CC)(CC)C(=O)Cc1c(C(=O)OC2C(C(C)(C)C)CC(C)CC2C(C)(C)C)c(C(C)C)c2n1COC(=O)C(CC(=O)O)CCCCC(CC)(CC)C(=O)CC1=N/C(=C\2)C(C(C)C)=C1C(=O)OC1C(C(C)(C)C)CC(C)CC1C(C)(C)C. The number of cyclic esters (lactones) is 1. The van der Waals surface area contributed by atoms with Crippen LogP contribution in [0.1, 0.15) is 295 Å². The van der Waals surface area contributed by atoms with Gasteiger partial charge in [-0.2, -0.15) is 0 Å². The molecule has 1 N–H and O–H groups in total. The van der Waals surface area contributed by atoms with Gasteiger partial charge in [0.25, 0.3) is 0 Å². The number of carboxylic acids is 1. The zero-order valence-corrected chi connectivity index (χ0v) is 60.9. The van der Waals surface area contributed by atoms with Gasteiger partial charge in [-0.1, -0.05) is 172 Å². The van der Waals surface area contributed by atoms with Gasteiger partial charge in [0.05, 0.1) is 53.6 Å². The highest BCUT2D eigenvalue weighted by atomic mass is 16.6. The lowest BCUT2D eigenvalue weighted by molar-refractivity contribution is -0.164. The Hall–Kier alpha value is -5.14. The smallest absolute Gasteiger partial charge is 0.340 e. The number of Topliss-reactive ketones (excluding diaryl/α,β-unsaturated/α-hetero) is 2. The summed E-state index contributed by atoms with van der Waals surface area (Å²) >= 11 is 0. The van der Waals surface area contributed by atoms with Gasteiger partial charge in [-0.15, -0.1) is 0 Å². The van der Waals surface area contributed by atoms with E-state index >= 15 is 19.2 Å². The second kappa shape index (κ2) is 30.5. The van der Waals surface area contributed by atoms with E-state index in [1.165, 1.54) is 0 Å². The highest BCUT2D eigenvalue weighted by Crippen LogP contribution is 2.53. The highest BCUT2D eigenvalue weighted by molar-refractivity contribution is 6.27. The second-order valence-corrected chi connectivity index (χ2v) is 33.3. The summed E-state index contributed by atoms with van der Waals surface area (Å²) < 4.78 is 28.0. The lowest BCUT2D eigenvalue weighted by atomic mass is 9.59. The Morgan fingerprint density at radius 2 is 1.24 bits per heavy atom. The Bertz CT molecular complexity index is 2860. The first-order valence-corrected chi connectivity index (χ1v) is 35.0. The van der Waals surface area contributed by atoms with Gasteiger partial charge in [0.2, 0.25) is 0 Å². The van der Waals surface area contributed by atoms with Crippen molar-refractivity contribution in [2.24, 2.45) is 84.8 Å². The number of carboxylic acid groups (broad SMARTS) is 1. The van der Waals surface area contributed by atoms with Crippen LogP contribution >= 0.6 is 0 Å². The van der Waals surface area contributed by atoms with Crippen LogP contribution in [0.25, 0.3) is 6.08 Å². The number of ether oxygens (including phenoxy) is 4. The number of aliphatic carboxylic acids is 1. The van der Waals surface area contributed by atoms with E-state index in [-0.39, 0.29) is 111 Å². The predicted octanol–water partition coefficient (Wildman–Crippen LogP) is 18.1. The fourth-order valence-corrected chi connectivity index (χ4v) is 16.1. The number of aromatic nitrogens is 1. The number of rotatable bonds is 20. The van der Waals surface area contributed by atoms with Crippen LogP contribution in [-0.4, -0.2) is 75.6 Å². The van der Waals surface area contributed by atoms with Gasteiger partial charge >= 0.3 is 29.8 Å². The van der Waals surface area contributed by atoms with Crippen LogP contribution in [0, 0.1) is 79.8 Å². The molecule has 0 radical (unpaired) electrons. The molecular formula is C77H122N2O12. The van der Waals surface area contributed by atoms with Gasteiger partial charge in [-0.3, -0.25) is 24.2 Å². The van der Waals surface area contributed by atoms with Crippen LogP contribution in [0.15, 0.2) is 34.0 Å². The van der Waals surface area contributed by atoms with Gasteiger partial charge in [0, 0.05) is 52.2 Å². The number of carbonyl (C=O) groups excluding carboxylic acids is 6. The lowest BCUT2D eigenvalue weighted by Crippen LogP contribution is -2.49. The van der Waals surface area contributed by atoms with Gasteiger partial charge in [0.15, 0.2) is 6.73 Å². The first-order valence-electron chi connectivity index (χ1n) is 35.0. The number of hydrogen-bond acceptors (Lipinski definition) is 12. The molecule has 0 saturated heterocycles. The summed E-state index contributed by atoms with van der Waals surface area (Å²) in [6.07, 6.45) is 7.62. The number of allylic oxidation sites excluding steroid dienone is 1. The number of ketones is 2. The van der Waals surface area contributed by atoms with Crippen molar-refractivity contribution in [2.75, 3.05) is 6.61 Å². The zero-order chi connectivity index (χ0) is 68.8. The van der Waals surface area contributed by atoms with Crippen molar-refractivity contribution in [1.29, 1.82) is 0 Å². The van der Waals surface area contributed by atoms with Crippen LogP contribution in [0.4, 0.5) is 0 Å². The first kappa shape index (κ1) is 76.6. The maximum Gasteiger partial charge on any atom is 0.340 e. The maximum absolute atomic E-state index is 16.4. The summed E-state index contributed by atoms with van der Waals surface area (Å²) in [5, 5.41) is 10.3. The summed E-state index contributed by atoms with van der Waals surface area (Å²) in [6, 6.07) is 0. The molecular weight excluding hydrogens is 1140 g/mol. The molecule has 0 spiro atoms. The van der Waals surface area contributed by atoms with Crippen LogP contribution in [0.5, 0.6) is 0 Å². The molecule has 1 aromatic heterocycles. The van der Waals surface area contributed by atoms with E-state index in [2.05, 4.69) is 104 Å².